The van der Waals surface area contributed by atoms with Gasteiger partial charge in [-0.3, -0.25) is 0 Å². The standard InChI is InChI=1S/C14H12BrF/c15-9-8-11-6-7-13(14(16)10-11)12-4-2-1-3-5-12/h1-7,10H,8-9H2. The molecule has 0 N–H and O–H groups in total. The second-order valence-corrected chi connectivity index (χ2v) is 4.41. The van der Waals surface area contributed by atoms with E-state index in [2.05, 4.69) is 15.9 Å². The van der Waals surface area contributed by atoms with E-state index in [1.807, 2.05) is 42.5 Å². The van der Waals surface area contributed by atoms with Crippen molar-refractivity contribution in [3.05, 3.63) is 59.9 Å². The average Bonchev–Trinajstić information content (AvgIpc) is 2.31. The Morgan fingerprint density at radius 2 is 1.75 bits per heavy atom. The third-order valence-electron chi connectivity index (χ3n) is 2.50. The number of aryl methyl sites for hydroxylation is 1. The molecule has 0 unspecified atom stereocenters. The van der Waals surface area contributed by atoms with Gasteiger partial charge in [-0.15, -0.1) is 0 Å². The molecular weight excluding hydrogens is 267 g/mol. The molecule has 0 fully saturated rings. The van der Waals surface area contributed by atoms with Gasteiger partial charge in [-0.05, 0) is 23.6 Å². The predicted octanol–water partition coefficient (Wildman–Crippen LogP) is 4.43. The lowest BCUT2D eigenvalue weighted by molar-refractivity contribution is 0.629. The van der Waals surface area contributed by atoms with Gasteiger partial charge in [-0.2, -0.15) is 0 Å². The van der Waals surface area contributed by atoms with Crippen LogP contribution in [0.4, 0.5) is 4.39 Å². The largest absolute Gasteiger partial charge is 0.206 e. The van der Waals surface area contributed by atoms with Crippen LogP contribution in [0.15, 0.2) is 48.5 Å². The maximum Gasteiger partial charge on any atom is 0.131 e. The van der Waals surface area contributed by atoms with Gasteiger partial charge in [0.05, 0.1) is 0 Å². The molecule has 82 valence electrons. The Balaban J connectivity index is 2.37. The minimum absolute atomic E-state index is 0.148. The third kappa shape index (κ3) is 2.50. The summed E-state index contributed by atoms with van der Waals surface area (Å²) >= 11 is 3.35. The summed E-state index contributed by atoms with van der Waals surface area (Å²) in [5, 5.41) is 0.858. The molecule has 0 spiro atoms. The van der Waals surface area contributed by atoms with E-state index in [1.165, 1.54) is 0 Å². The first kappa shape index (κ1) is 11.3. The zero-order valence-electron chi connectivity index (χ0n) is 8.79. The molecule has 0 radical (unpaired) electrons. The summed E-state index contributed by atoms with van der Waals surface area (Å²) in [6.07, 6.45) is 0.853. The van der Waals surface area contributed by atoms with Gasteiger partial charge in [0.1, 0.15) is 5.82 Å². The van der Waals surface area contributed by atoms with Crippen LogP contribution in [0.25, 0.3) is 11.1 Å². The van der Waals surface area contributed by atoms with Crippen molar-refractivity contribution >= 4 is 15.9 Å². The molecule has 2 heteroatoms. The molecular formula is C14H12BrF. The van der Waals surface area contributed by atoms with Crippen LogP contribution in [0.1, 0.15) is 5.56 Å². The minimum Gasteiger partial charge on any atom is -0.206 e. The minimum atomic E-state index is -0.148. The van der Waals surface area contributed by atoms with Crippen LogP contribution >= 0.6 is 15.9 Å². The zero-order chi connectivity index (χ0) is 11.4. The van der Waals surface area contributed by atoms with Crippen LogP contribution < -0.4 is 0 Å². The second-order valence-electron chi connectivity index (χ2n) is 3.62. The molecule has 2 aromatic carbocycles. The summed E-state index contributed by atoms with van der Waals surface area (Å²) < 4.78 is 13.8. The molecule has 0 saturated heterocycles. The van der Waals surface area contributed by atoms with Crippen molar-refractivity contribution < 1.29 is 4.39 Å². The SMILES string of the molecule is Fc1cc(CCBr)ccc1-c1ccccc1. The Hall–Kier alpha value is -1.15. The number of benzene rings is 2. The molecule has 0 aromatic heterocycles. The van der Waals surface area contributed by atoms with Gasteiger partial charge >= 0.3 is 0 Å². The first-order valence-electron chi connectivity index (χ1n) is 5.21. The van der Waals surface area contributed by atoms with Crippen LogP contribution in [-0.2, 0) is 6.42 Å². The molecule has 0 amide bonds. The van der Waals surface area contributed by atoms with Crippen molar-refractivity contribution in [1.29, 1.82) is 0 Å². The van der Waals surface area contributed by atoms with Gasteiger partial charge in [0.25, 0.3) is 0 Å². The van der Waals surface area contributed by atoms with Crippen LogP contribution in [0.3, 0.4) is 0 Å². The lowest BCUT2D eigenvalue weighted by Crippen LogP contribution is -1.90. The second kappa shape index (κ2) is 5.26. The number of hydrogen-bond donors (Lipinski definition) is 0. The number of rotatable bonds is 3. The first-order valence-corrected chi connectivity index (χ1v) is 6.33. The molecule has 16 heavy (non-hydrogen) atoms. The number of alkyl halides is 1. The van der Waals surface area contributed by atoms with Gasteiger partial charge in [0.15, 0.2) is 0 Å². The van der Waals surface area contributed by atoms with Crippen LogP contribution in [-0.4, -0.2) is 5.33 Å². The molecule has 0 aliphatic rings. The Labute approximate surface area is 103 Å². The summed E-state index contributed by atoms with van der Waals surface area (Å²) in [5.74, 6) is -0.148. The van der Waals surface area contributed by atoms with Crippen molar-refractivity contribution in [2.75, 3.05) is 5.33 Å². The molecule has 0 nitrogen and oxygen atoms in total. The molecule has 2 rings (SSSR count). The van der Waals surface area contributed by atoms with Gasteiger partial charge in [-0.25, -0.2) is 4.39 Å². The number of halogens is 2. The maximum absolute atomic E-state index is 13.8. The van der Waals surface area contributed by atoms with Gasteiger partial charge in [0, 0.05) is 10.9 Å². The lowest BCUT2D eigenvalue weighted by Gasteiger charge is -2.05. The molecule has 0 aliphatic heterocycles. The maximum atomic E-state index is 13.8. The van der Waals surface area contributed by atoms with Crippen molar-refractivity contribution in [2.45, 2.75) is 6.42 Å². The highest BCUT2D eigenvalue weighted by Crippen LogP contribution is 2.23. The van der Waals surface area contributed by atoms with Crippen molar-refractivity contribution in [3.8, 4) is 11.1 Å². The molecule has 0 aliphatic carbocycles. The Morgan fingerprint density at radius 3 is 2.38 bits per heavy atom. The Morgan fingerprint density at radius 1 is 1.00 bits per heavy atom. The molecule has 0 atom stereocenters. The fourth-order valence-corrected chi connectivity index (χ4v) is 2.13. The summed E-state index contributed by atoms with van der Waals surface area (Å²) in [5.41, 5.74) is 2.61. The summed E-state index contributed by atoms with van der Waals surface area (Å²) in [7, 11) is 0. The van der Waals surface area contributed by atoms with Gasteiger partial charge in [0.2, 0.25) is 0 Å². The van der Waals surface area contributed by atoms with E-state index in [4.69, 9.17) is 0 Å². The van der Waals surface area contributed by atoms with E-state index in [-0.39, 0.29) is 5.82 Å². The molecule has 0 saturated carbocycles. The van der Waals surface area contributed by atoms with Gasteiger partial charge in [-0.1, -0.05) is 58.4 Å². The number of hydrogen-bond acceptors (Lipinski definition) is 0. The van der Waals surface area contributed by atoms with E-state index < -0.39 is 0 Å². The van der Waals surface area contributed by atoms with Crippen molar-refractivity contribution in [2.24, 2.45) is 0 Å². The zero-order valence-corrected chi connectivity index (χ0v) is 10.4. The third-order valence-corrected chi connectivity index (χ3v) is 2.90. The van der Waals surface area contributed by atoms with E-state index in [9.17, 15) is 4.39 Å². The molecule has 2 aromatic rings. The summed E-state index contributed by atoms with van der Waals surface area (Å²) in [4.78, 5) is 0. The highest BCUT2D eigenvalue weighted by Gasteiger charge is 2.05. The summed E-state index contributed by atoms with van der Waals surface area (Å²) in [6.45, 7) is 0. The summed E-state index contributed by atoms with van der Waals surface area (Å²) in [6, 6.07) is 15.0. The molecule has 0 bridgehead atoms. The fraction of sp³-hybridized carbons (Fsp3) is 0.143. The average molecular weight is 279 g/mol. The highest BCUT2D eigenvalue weighted by atomic mass is 79.9. The lowest BCUT2D eigenvalue weighted by atomic mass is 10.0. The van der Waals surface area contributed by atoms with Crippen LogP contribution in [0.5, 0.6) is 0 Å². The smallest absolute Gasteiger partial charge is 0.131 e. The van der Waals surface area contributed by atoms with E-state index in [1.54, 1.807) is 6.07 Å². The highest BCUT2D eigenvalue weighted by molar-refractivity contribution is 9.09. The normalized spacial score (nSPS) is 10.4. The van der Waals surface area contributed by atoms with Crippen molar-refractivity contribution in [3.63, 3.8) is 0 Å². The predicted molar refractivity (Wildman–Crippen MR) is 69.3 cm³/mol. The monoisotopic (exact) mass is 278 g/mol. The topological polar surface area (TPSA) is 0 Å². The van der Waals surface area contributed by atoms with E-state index >= 15 is 0 Å². The Kier molecular flexibility index (Phi) is 3.73. The Bertz CT molecular complexity index is 465. The van der Waals surface area contributed by atoms with Gasteiger partial charge < -0.3 is 0 Å². The first-order chi connectivity index (χ1) is 7.81. The van der Waals surface area contributed by atoms with Crippen LogP contribution in [0.2, 0.25) is 0 Å². The quantitative estimate of drug-likeness (QED) is 0.729. The fourth-order valence-electron chi connectivity index (χ4n) is 1.68. The van der Waals surface area contributed by atoms with Crippen LogP contribution in [0, 0.1) is 5.82 Å². The molecule has 0 heterocycles. The van der Waals surface area contributed by atoms with Crippen molar-refractivity contribution in [1.82, 2.24) is 0 Å². The van der Waals surface area contributed by atoms with E-state index in [0.717, 1.165) is 22.9 Å². The van der Waals surface area contributed by atoms with E-state index in [0.29, 0.717) is 5.56 Å².